The summed E-state index contributed by atoms with van der Waals surface area (Å²) in [7, 11) is 1.62. The number of aliphatic hydroxyl groups is 1. The molecule has 0 aliphatic rings. The molecule has 2 atom stereocenters. The number of nitrogens with zero attached hydrogens (tertiary/aromatic N) is 2. The highest BCUT2D eigenvalue weighted by Crippen LogP contribution is 2.16. The molecular formula is C34H40N4O5. The highest BCUT2D eigenvalue weighted by Gasteiger charge is 2.26. The van der Waals surface area contributed by atoms with Crippen LogP contribution in [0.3, 0.4) is 0 Å². The zero-order valence-electron chi connectivity index (χ0n) is 24.9. The minimum Gasteiger partial charge on any atom is -0.508 e. The minimum atomic E-state index is -1.11. The predicted molar refractivity (Wildman–Crippen MR) is 166 cm³/mol. The standard InChI is InChI=1S/C34H40N4O5/c1-5-17-38(18-6-2)34(43)28-20-24(7-3)19-27(22-28)32(41)35-30(21-25-13-15-29(39)16-14-25)31(40)23-37(4)36-33(42)26-11-9-8-10-12-26/h3,8-16,19-20,22,30-31,39-40H,5-6,17-18,21,23H2,1-2,4H3,(H,35,41)(H,36,42). The van der Waals surface area contributed by atoms with Crippen LogP contribution < -0.4 is 10.7 Å². The van der Waals surface area contributed by atoms with Gasteiger partial charge in [-0.15, -0.1) is 6.42 Å². The fraction of sp³-hybridized carbons (Fsp3) is 0.324. The largest absolute Gasteiger partial charge is 0.508 e. The second-order valence-electron chi connectivity index (χ2n) is 10.4. The number of phenolic OH excluding ortho intramolecular Hbond substituents is 1. The average Bonchev–Trinajstić information content (AvgIpc) is 3.01. The van der Waals surface area contributed by atoms with E-state index in [1.54, 1.807) is 54.4 Å². The molecule has 0 heterocycles. The molecule has 0 saturated carbocycles. The number of aromatic hydroxyl groups is 1. The molecule has 0 spiro atoms. The van der Waals surface area contributed by atoms with E-state index in [4.69, 9.17) is 6.42 Å². The van der Waals surface area contributed by atoms with Crippen molar-refractivity contribution in [3.63, 3.8) is 0 Å². The third kappa shape index (κ3) is 9.70. The molecule has 3 aromatic rings. The van der Waals surface area contributed by atoms with Crippen molar-refractivity contribution in [3.8, 4) is 18.1 Å². The lowest BCUT2D eigenvalue weighted by molar-refractivity contribution is 0.0542. The van der Waals surface area contributed by atoms with Crippen LogP contribution in [0.15, 0.2) is 72.8 Å². The van der Waals surface area contributed by atoms with E-state index in [1.165, 1.54) is 29.3 Å². The van der Waals surface area contributed by atoms with Gasteiger partial charge in [-0.2, -0.15) is 0 Å². The molecule has 4 N–H and O–H groups in total. The Kier molecular flexibility index (Phi) is 12.3. The van der Waals surface area contributed by atoms with Crippen LogP contribution in [0.5, 0.6) is 5.75 Å². The Morgan fingerprint density at radius 1 is 0.884 bits per heavy atom. The number of likely N-dealkylation sites (N-methyl/N-ethyl adjacent to an activating group) is 1. The minimum absolute atomic E-state index is 0.00126. The molecule has 43 heavy (non-hydrogen) atoms. The van der Waals surface area contributed by atoms with E-state index in [2.05, 4.69) is 16.7 Å². The Morgan fingerprint density at radius 3 is 2.12 bits per heavy atom. The molecule has 0 saturated heterocycles. The Balaban J connectivity index is 1.83. The molecule has 0 aromatic heterocycles. The summed E-state index contributed by atoms with van der Waals surface area (Å²) in [6.45, 7) is 5.17. The molecule has 9 heteroatoms. The van der Waals surface area contributed by atoms with Crippen LogP contribution in [-0.4, -0.2) is 76.7 Å². The van der Waals surface area contributed by atoms with Gasteiger partial charge in [0.15, 0.2) is 0 Å². The first-order valence-electron chi connectivity index (χ1n) is 14.4. The van der Waals surface area contributed by atoms with Gasteiger partial charge in [0.2, 0.25) is 0 Å². The van der Waals surface area contributed by atoms with Gasteiger partial charge in [0, 0.05) is 48.9 Å². The maximum Gasteiger partial charge on any atom is 0.265 e. The van der Waals surface area contributed by atoms with Crippen molar-refractivity contribution in [1.82, 2.24) is 20.7 Å². The smallest absolute Gasteiger partial charge is 0.265 e. The maximum atomic E-state index is 13.6. The topological polar surface area (TPSA) is 122 Å². The van der Waals surface area contributed by atoms with Crippen molar-refractivity contribution in [2.24, 2.45) is 0 Å². The van der Waals surface area contributed by atoms with Gasteiger partial charge in [-0.05, 0) is 67.3 Å². The summed E-state index contributed by atoms with van der Waals surface area (Å²) >= 11 is 0. The molecule has 0 bridgehead atoms. The number of aliphatic hydroxyl groups excluding tert-OH is 1. The number of hydrogen-bond donors (Lipinski definition) is 4. The molecule has 3 rings (SSSR count). The first-order chi connectivity index (χ1) is 20.6. The van der Waals surface area contributed by atoms with Crippen molar-refractivity contribution in [3.05, 3.63) is 101 Å². The second kappa shape index (κ2) is 16.1. The Labute approximate surface area is 253 Å². The molecule has 0 fully saturated rings. The summed E-state index contributed by atoms with van der Waals surface area (Å²) in [5.74, 6) is 1.57. The molecule has 0 aliphatic carbocycles. The molecule has 9 nitrogen and oxygen atoms in total. The van der Waals surface area contributed by atoms with E-state index in [1.807, 2.05) is 19.9 Å². The van der Waals surface area contributed by atoms with Crippen molar-refractivity contribution in [2.45, 2.75) is 45.3 Å². The lowest BCUT2D eigenvalue weighted by Gasteiger charge is -2.28. The van der Waals surface area contributed by atoms with E-state index in [-0.39, 0.29) is 36.1 Å². The summed E-state index contributed by atoms with van der Waals surface area (Å²) in [6.07, 6.45) is 6.39. The summed E-state index contributed by atoms with van der Waals surface area (Å²) in [4.78, 5) is 41.2. The van der Waals surface area contributed by atoms with Gasteiger partial charge in [-0.3, -0.25) is 19.8 Å². The number of nitrogens with one attached hydrogen (secondary N) is 2. The number of benzene rings is 3. The van der Waals surface area contributed by atoms with Gasteiger partial charge >= 0.3 is 0 Å². The lowest BCUT2D eigenvalue weighted by atomic mass is 9.99. The number of amides is 3. The zero-order chi connectivity index (χ0) is 31.4. The summed E-state index contributed by atoms with van der Waals surface area (Å²) in [6, 6.07) is 19.0. The molecule has 0 aliphatic heterocycles. The Morgan fingerprint density at radius 2 is 1.51 bits per heavy atom. The van der Waals surface area contributed by atoms with E-state index >= 15 is 0 Å². The summed E-state index contributed by atoms with van der Waals surface area (Å²) < 4.78 is 0. The van der Waals surface area contributed by atoms with Gasteiger partial charge in [0.05, 0.1) is 12.1 Å². The fourth-order valence-electron chi connectivity index (χ4n) is 4.70. The van der Waals surface area contributed by atoms with Crippen LogP contribution in [0, 0.1) is 12.3 Å². The average molecular weight is 585 g/mol. The van der Waals surface area contributed by atoms with E-state index in [0.29, 0.717) is 29.8 Å². The number of carbonyl (C=O) groups excluding carboxylic acids is 3. The molecule has 0 radical (unpaired) electrons. The molecule has 3 amide bonds. The van der Waals surface area contributed by atoms with Gasteiger partial charge in [0.25, 0.3) is 17.7 Å². The van der Waals surface area contributed by atoms with Gasteiger partial charge < -0.3 is 20.4 Å². The number of carbonyl (C=O) groups is 3. The van der Waals surface area contributed by atoms with Crippen molar-refractivity contribution in [2.75, 3.05) is 26.7 Å². The van der Waals surface area contributed by atoms with Crippen molar-refractivity contribution in [1.29, 1.82) is 0 Å². The van der Waals surface area contributed by atoms with Crippen LogP contribution in [-0.2, 0) is 6.42 Å². The normalized spacial score (nSPS) is 12.2. The van der Waals surface area contributed by atoms with Crippen LogP contribution in [0.25, 0.3) is 0 Å². The zero-order valence-corrected chi connectivity index (χ0v) is 24.9. The number of hydrogen-bond acceptors (Lipinski definition) is 6. The van der Waals surface area contributed by atoms with Crippen LogP contribution in [0.4, 0.5) is 0 Å². The third-order valence-corrected chi connectivity index (χ3v) is 6.85. The molecule has 226 valence electrons. The first kappa shape index (κ1) is 32.9. The van der Waals surface area contributed by atoms with Gasteiger partial charge in [-0.1, -0.05) is 50.1 Å². The van der Waals surface area contributed by atoms with Crippen LogP contribution in [0.1, 0.15) is 68.9 Å². The summed E-state index contributed by atoms with van der Waals surface area (Å²) in [5, 5.41) is 25.3. The number of hydrazine groups is 1. The van der Waals surface area contributed by atoms with Gasteiger partial charge in [0.1, 0.15) is 5.75 Å². The Bertz CT molecular complexity index is 1410. The van der Waals surface area contributed by atoms with E-state index in [9.17, 15) is 24.6 Å². The molecule has 2 unspecified atom stereocenters. The van der Waals surface area contributed by atoms with E-state index < -0.39 is 18.1 Å². The number of terminal acetylenes is 1. The second-order valence-corrected chi connectivity index (χ2v) is 10.4. The number of phenols is 1. The molecule has 3 aromatic carbocycles. The maximum absolute atomic E-state index is 13.6. The number of rotatable bonds is 14. The highest BCUT2D eigenvalue weighted by atomic mass is 16.3. The molecular weight excluding hydrogens is 544 g/mol. The van der Waals surface area contributed by atoms with Crippen molar-refractivity contribution < 1.29 is 24.6 Å². The quantitative estimate of drug-likeness (QED) is 0.170. The predicted octanol–water partition coefficient (Wildman–Crippen LogP) is 3.61. The summed E-state index contributed by atoms with van der Waals surface area (Å²) in [5.41, 5.74) is 4.87. The van der Waals surface area contributed by atoms with Gasteiger partial charge in [-0.25, -0.2) is 5.01 Å². The highest BCUT2D eigenvalue weighted by molar-refractivity contribution is 6.00. The van der Waals surface area contributed by atoms with Crippen LogP contribution >= 0.6 is 0 Å². The van der Waals surface area contributed by atoms with Crippen LogP contribution in [0.2, 0.25) is 0 Å². The monoisotopic (exact) mass is 584 g/mol. The fourth-order valence-corrected chi connectivity index (χ4v) is 4.70. The SMILES string of the molecule is C#Cc1cc(C(=O)NC(Cc2ccc(O)cc2)C(O)CN(C)NC(=O)c2ccccc2)cc(C(=O)N(CCC)CCC)c1. The third-order valence-electron chi connectivity index (χ3n) is 6.85. The Hall–Kier alpha value is -4.65. The first-order valence-corrected chi connectivity index (χ1v) is 14.4. The van der Waals surface area contributed by atoms with Crippen molar-refractivity contribution >= 4 is 17.7 Å². The van der Waals surface area contributed by atoms with E-state index in [0.717, 1.165) is 18.4 Å². The lowest BCUT2D eigenvalue weighted by Crippen LogP contribution is -2.52.